The first-order chi connectivity index (χ1) is 7.86. The minimum atomic E-state index is 0.545. The fraction of sp³-hybridized carbons (Fsp3) is 0. The summed E-state index contributed by atoms with van der Waals surface area (Å²) in [6.45, 7) is 0. The number of nitrogens with one attached hydrogen (secondary N) is 1. The highest BCUT2D eigenvalue weighted by Crippen LogP contribution is 2.13. The SMILES string of the molecule is Clc1ccc2ccccc2n1.c1c[nH]nn1. The van der Waals surface area contributed by atoms with Crippen LogP contribution in [-0.2, 0) is 0 Å². The molecule has 3 aromatic rings. The van der Waals surface area contributed by atoms with E-state index in [-0.39, 0.29) is 0 Å². The second kappa shape index (κ2) is 5.23. The first-order valence-corrected chi connectivity index (χ1v) is 5.06. The van der Waals surface area contributed by atoms with Crippen LogP contribution in [0.4, 0.5) is 0 Å². The standard InChI is InChI=1S/C9H6ClN.C2H3N3/c10-9-6-5-7-3-1-2-4-8(7)11-9;1-2-4-5-3-1/h1-6H;1-2H,(H,3,4,5). The van der Waals surface area contributed by atoms with Crippen LogP contribution in [-0.4, -0.2) is 20.4 Å². The van der Waals surface area contributed by atoms with Gasteiger partial charge in [-0.25, -0.2) is 4.98 Å². The van der Waals surface area contributed by atoms with Crippen LogP contribution in [0.2, 0.25) is 5.15 Å². The number of pyridine rings is 1. The molecular weight excluding hydrogens is 224 g/mol. The number of hydrogen-bond donors (Lipinski definition) is 1. The predicted octanol–water partition coefficient (Wildman–Crippen LogP) is 2.69. The van der Waals surface area contributed by atoms with Crippen molar-refractivity contribution in [3.63, 3.8) is 0 Å². The van der Waals surface area contributed by atoms with Gasteiger partial charge in [-0.15, -0.1) is 5.10 Å². The van der Waals surface area contributed by atoms with E-state index < -0.39 is 0 Å². The fourth-order valence-corrected chi connectivity index (χ4v) is 1.36. The summed E-state index contributed by atoms with van der Waals surface area (Å²) in [5, 5.41) is 10.9. The molecule has 0 spiro atoms. The van der Waals surface area contributed by atoms with Crippen LogP contribution in [0.3, 0.4) is 0 Å². The van der Waals surface area contributed by atoms with E-state index in [4.69, 9.17) is 11.6 Å². The molecule has 0 radical (unpaired) electrons. The first kappa shape index (κ1) is 10.6. The molecule has 2 aromatic heterocycles. The van der Waals surface area contributed by atoms with E-state index >= 15 is 0 Å². The average molecular weight is 233 g/mol. The fourth-order valence-electron chi connectivity index (χ4n) is 1.21. The quantitative estimate of drug-likeness (QED) is 0.607. The third kappa shape index (κ3) is 2.77. The predicted molar refractivity (Wildman–Crippen MR) is 63.1 cm³/mol. The maximum Gasteiger partial charge on any atom is 0.129 e. The molecule has 2 heterocycles. The van der Waals surface area contributed by atoms with Crippen molar-refractivity contribution in [1.29, 1.82) is 0 Å². The summed E-state index contributed by atoms with van der Waals surface area (Å²) in [6, 6.07) is 11.7. The van der Waals surface area contributed by atoms with Crippen molar-refractivity contribution in [1.82, 2.24) is 20.4 Å². The Morgan fingerprint density at radius 3 is 2.62 bits per heavy atom. The summed E-state index contributed by atoms with van der Waals surface area (Å²) in [6.07, 6.45) is 3.24. The van der Waals surface area contributed by atoms with Gasteiger partial charge in [-0.05, 0) is 18.2 Å². The Bertz CT molecular complexity index is 533. The minimum Gasteiger partial charge on any atom is -0.266 e. The van der Waals surface area contributed by atoms with Crippen molar-refractivity contribution < 1.29 is 0 Å². The summed E-state index contributed by atoms with van der Waals surface area (Å²) in [5.41, 5.74) is 0.944. The number of hydrogen-bond acceptors (Lipinski definition) is 3. The second-order valence-electron chi connectivity index (χ2n) is 2.99. The lowest BCUT2D eigenvalue weighted by Gasteiger charge is -1.94. The van der Waals surface area contributed by atoms with Gasteiger partial charge >= 0.3 is 0 Å². The Kier molecular flexibility index (Phi) is 3.46. The van der Waals surface area contributed by atoms with E-state index in [2.05, 4.69) is 20.4 Å². The smallest absolute Gasteiger partial charge is 0.129 e. The molecule has 0 aliphatic heterocycles. The zero-order valence-electron chi connectivity index (χ0n) is 8.34. The van der Waals surface area contributed by atoms with Gasteiger partial charge in [0.15, 0.2) is 0 Å². The molecule has 5 heteroatoms. The van der Waals surface area contributed by atoms with E-state index in [1.807, 2.05) is 30.3 Å². The van der Waals surface area contributed by atoms with Gasteiger partial charge in [0.05, 0.1) is 11.7 Å². The number of benzene rings is 1. The number of halogens is 1. The van der Waals surface area contributed by atoms with Gasteiger partial charge in [-0.2, -0.15) is 0 Å². The Morgan fingerprint density at radius 2 is 1.94 bits per heavy atom. The summed E-state index contributed by atoms with van der Waals surface area (Å²) >= 11 is 5.71. The van der Waals surface area contributed by atoms with Gasteiger partial charge in [-0.3, -0.25) is 5.10 Å². The molecule has 0 bridgehead atoms. The van der Waals surface area contributed by atoms with Gasteiger partial charge < -0.3 is 0 Å². The number of H-pyrrole nitrogens is 1. The highest BCUT2D eigenvalue weighted by Gasteiger charge is 1.92. The molecule has 0 saturated heterocycles. The van der Waals surface area contributed by atoms with Crippen LogP contribution in [0.25, 0.3) is 10.9 Å². The molecule has 80 valence electrons. The van der Waals surface area contributed by atoms with Crippen molar-refractivity contribution in [3.8, 4) is 0 Å². The Morgan fingerprint density at radius 1 is 1.06 bits per heavy atom. The molecule has 0 atom stereocenters. The zero-order chi connectivity index (χ0) is 11.2. The lowest BCUT2D eigenvalue weighted by atomic mass is 10.2. The second-order valence-corrected chi connectivity index (χ2v) is 3.37. The average Bonchev–Trinajstić information content (AvgIpc) is 2.87. The van der Waals surface area contributed by atoms with Gasteiger partial charge in [0.25, 0.3) is 0 Å². The van der Waals surface area contributed by atoms with Crippen molar-refractivity contribution >= 4 is 22.5 Å². The van der Waals surface area contributed by atoms with Crippen molar-refractivity contribution in [2.45, 2.75) is 0 Å². The van der Waals surface area contributed by atoms with Crippen molar-refractivity contribution in [2.24, 2.45) is 0 Å². The molecule has 1 aromatic carbocycles. The molecule has 4 nitrogen and oxygen atoms in total. The highest BCUT2D eigenvalue weighted by atomic mass is 35.5. The van der Waals surface area contributed by atoms with Crippen LogP contribution in [0.5, 0.6) is 0 Å². The van der Waals surface area contributed by atoms with Crippen LogP contribution in [0.15, 0.2) is 48.8 Å². The zero-order valence-corrected chi connectivity index (χ0v) is 9.09. The Balaban J connectivity index is 0.000000162. The maximum absolute atomic E-state index is 5.71. The lowest BCUT2D eigenvalue weighted by Crippen LogP contribution is -1.76. The van der Waals surface area contributed by atoms with Crippen molar-refractivity contribution in [2.75, 3.05) is 0 Å². The van der Waals surface area contributed by atoms with E-state index in [9.17, 15) is 0 Å². The van der Waals surface area contributed by atoms with Gasteiger partial charge in [0.2, 0.25) is 0 Å². The van der Waals surface area contributed by atoms with Crippen LogP contribution < -0.4 is 0 Å². The first-order valence-electron chi connectivity index (χ1n) is 4.68. The molecule has 0 aliphatic carbocycles. The molecule has 1 N–H and O–H groups in total. The third-order valence-electron chi connectivity index (χ3n) is 1.90. The van der Waals surface area contributed by atoms with Crippen LogP contribution >= 0.6 is 11.6 Å². The molecule has 3 rings (SSSR count). The molecule has 0 fully saturated rings. The maximum atomic E-state index is 5.71. The summed E-state index contributed by atoms with van der Waals surface area (Å²) in [7, 11) is 0. The molecule has 0 saturated carbocycles. The molecule has 16 heavy (non-hydrogen) atoms. The van der Waals surface area contributed by atoms with E-state index in [1.54, 1.807) is 18.5 Å². The number of aromatic nitrogens is 4. The summed E-state index contributed by atoms with van der Waals surface area (Å²) < 4.78 is 0. The van der Waals surface area contributed by atoms with Crippen LogP contribution in [0, 0.1) is 0 Å². The van der Waals surface area contributed by atoms with E-state index in [0.717, 1.165) is 10.9 Å². The number of para-hydroxylation sites is 1. The van der Waals surface area contributed by atoms with Gasteiger partial charge in [0.1, 0.15) is 5.15 Å². The van der Waals surface area contributed by atoms with Gasteiger partial charge in [-0.1, -0.05) is 35.0 Å². The minimum absolute atomic E-state index is 0.545. The number of aromatic amines is 1. The summed E-state index contributed by atoms with van der Waals surface area (Å²) in [5.74, 6) is 0. The molecule has 0 aliphatic rings. The normalized spacial score (nSPS) is 9.56. The van der Waals surface area contributed by atoms with Gasteiger partial charge in [0, 0.05) is 11.6 Å². The number of nitrogens with zero attached hydrogens (tertiary/aromatic N) is 3. The molecule has 0 unspecified atom stereocenters. The highest BCUT2D eigenvalue weighted by molar-refractivity contribution is 6.29. The van der Waals surface area contributed by atoms with Crippen LogP contribution in [0.1, 0.15) is 0 Å². The number of rotatable bonds is 0. The topological polar surface area (TPSA) is 54.5 Å². The van der Waals surface area contributed by atoms with Crippen molar-refractivity contribution in [3.05, 3.63) is 53.9 Å². The lowest BCUT2D eigenvalue weighted by molar-refractivity contribution is 0.940. The Hall–Kier alpha value is -1.94. The van der Waals surface area contributed by atoms with E-state index in [0.29, 0.717) is 5.15 Å². The Labute approximate surface area is 97.3 Å². The molecule has 0 amide bonds. The number of fused-ring (bicyclic) bond motifs is 1. The molecular formula is C11H9ClN4. The third-order valence-corrected chi connectivity index (χ3v) is 2.11. The van der Waals surface area contributed by atoms with E-state index in [1.165, 1.54) is 0 Å². The monoisotopic (exact) mass is 232 g/mol. The largest absolute Gasteiger partial charge is 0.266 e. The summed E-state index contributed by atoms with van der Waals surface area (Å²) in [4.78, 5) is 4.14.